The molecule has 0 spiro atoms. The Morgan fingerprint density at radius 1 is 0.878 bits per heavy atom. The highest BCUT2D eigenvalue weighted by atomic mass is 35.5. The van der Waals surface area contributed by atoms with Crippen LogP contribution in [0.4, 0.5) is 5.69 Å². The standard InChI is InChI=1S/C35H43ClN2O3/c1-2-3-4-5-9-22-37-32-21-20-30(36)23-31(32)35(41)38-33(24-34(39)40)29-18-16-28(17-19-29)27-14-12-26(13-15-27)25-10-7-6-8-11-25/h12-21,23,25,33,37H,2-11,22,24H2,1H3,(H,38,41)(H,39,40). The molecule has 41 heavy (non-hydrogen) atoms. The van der Waals surface area contributed by atoms with Crippen LogP contribution in [0.1, 0.15) is 111 Å². The van der Waals surface area contributed by atoms with Crippen molar-refractivity contribution in [3.8, 4) is 11.1 Å². The normalized spacial score (nSPS) is 14.4. The summed E-state index contributed by atoms with van der Waals surface area (Å²) in [5.41, 5.74) is 5.46. The summed E-state index contributed by atoms with van der Waals surface area (Å²) in [6, 6.07) is 21.2. The van der Waals surface area contributed by atoms with Gasteiger partial charge in [0, 0.05) is 17.3 Å². The number of carbonyl (C=O) groups excluding carboxylic acids is 1. The fourth-order valence-electron chi connectivity index (χ4n) is 5.76. The van der Waals surface area contributed by atoms with Crippen LogP contribution in [0.2, 0.25) is 5.02 Å². The summed E-state index contributed by atoms with van der Waals surface area (Å²) in [5.74, 6) is -0.662. The molecule has 3 N–H and O–H groups in total. The fourth-order valence-corrected chi connectivity index (χ4v) is 5.94. The molecule has 1 aliphatic carbocycles. The molecule has 1 fully saturated rings. The van der Waals surface area contributed by atoms with Crippen molar-refractivity contribution in [1.82, 2.24) is 5.32 Å². The van der Waals surface area contributed by atoms with Crippen LogP contribution >= 0.6 is 11.6 Å². The van der Waals surface area contributed by atoms with Crippen LogP contribution in [-0.2, 0) is 4.79 Å². The Morgan fingerprint density at radius 3 is 2.20 bits per heavy atom. The molecule has 1 unspecified atom stereocenters. The number of hydrogen-bond donors (Lipinski definition) is 3. The van der Waals surface area contributed by atoms with E-state index in [1.165, 1.54) is 56.9 Å². The second kappa shape index (κ2) is 15.6. The first-order valence-electron chi connectivity index (χ1n) is 15.2. The lowest BCUT2D eigenvalue weighted by Crippen LogP contribution is -2.30. The minimum atomic E-state index is -0.978. The van der Waals surface area contributed by atoms with Crippen LogP contribution in [0.5, 0.6) is 0 Å². The van der Waals surface area contributed by atoms with Gasteiger partial charge in [-0.1, -0.05) is 112 Å². The number of carbonyl (C=O) groups is 2. The molecule has 1 saturated carbocycles. The topological polar surface area (TPSA) is 78.4 Å². The molecular weight excluding hydrogens is 532 g/mol. The second-order valence-corrected chi connectivity index (χ2v) is 11.7. The third-order valence-corrected chi connectivity index (χ3v) is 8.37. The first-order chi connectivity index (χ1) is 19.9. The van der Waals surface area contributed by atoms with Crippen molar-refractivity contribution in [3.63, 3.8) is 0 Å². The van der Waals surface area contributed by atoms with Gasteiger partial charge in [0.15, 0.2) is 0 Å². The van der Waals surface area contributed by atoms with E-state index in [2.05, 4.69) is 41.8 Å². The molecule has 1 amide bonds. The molecule has 3 aromatic rings. The van der Waals surface area contributed by atoms with Crippen LogP contribution in [0, 0.1) is 0 Å². The van der Waals surface area contributed by atoms with Gasteiger partial charge in [-0.2, -0.15) is 0 Å². The van der Waals surface area contributed by atoms with Crippen LogP contribution in [0.15, 0.2) is 66.7 Å². The lowest BCUT2D eigenvalue weighted by atomic mass is 9.83. The largest absolute Gasteiger partial charge is 0.481 e. The number of carboxylic acid groups (broad SMARTS) is 1. The minimum Gasteiger partial charge on any atom is -0.481 e. The lowest BCUT2D eigenvalue weighted by molar-refractivity contribution is -0.137. The summed E-state index contributed by atoms with van der Waals surface area (Å²) < 4.78 is 0. The number of benzene rings is 3. The summed E-state index contributed by atoms with van der Waals surface area (Å²) in [5, 5.41) is 16.4. The van der Waals surface area contributed by atoms with Gasteiger partial charge in [0.1, 0.15) is 0 Å². The molecule has 6 heteroatoms. The molecule has 0 radical (unpaired) electrons. The zero-order valence-electron chi connectivity index (χ0n) is 24.1. The van der Waals surface area contributed by atoms with Gasteiger partial charge in [-0.15, -0.1) is 0 Å². The fraction of sp³-hybridized carbons (Fsp3) is 0.429. The molecule has 4 rings (SSSR count). The minimum absolute atomic E-state index is 0.220. The summed E-state index contributed by atoms with van der Waals surface area (Å²) in [7, 11) is 0. The molecule has 5 nitrogen and oxygen atoms in total. The Labute approximate surface area is 249 Å². The van der Waals surface area contributed by atoms with E-state index in [0.29, 0.717) is 22.2 Å². The van der Waals surface area contributed by atoms with Crippen molar-refractivity contribution < 1.29 is 14.7 Å². The number of rotatable bonds is 14. The highest BCUT2D eigenvalue weighted by Gasteiger charge is 2.21. The Bertz CT molecular complexity index is 1270. The predicted molar refractivity (Wildman–Crippen MR) is 169 cm³/mol. The molecular formula is C35H43ClN2O3. The quantitative estimate of drug-likeness (QED) is 0.168. The second-order valence-electron chi connectivity index (χ2n) is 11.2. The molecule has 1 aliphatic rings. The van der Waals surface area contributed by atoms with Crippen molar-refractivity contribution >= 4 is 29.2 Å². The van der Waals surface area contributed by atoms with Gasteiger partial charge in [-0.25, -0.2) is 0 Å². The van der Waals surface area contributed by atoms with Gasteiger partial charge < -0.3 is 15.7 Å². The van der Waals surface area contributed by atoms with Crippen molar-refractivity contribution in [2.24, 2.45) is 0 Å². The van der Waals surface area contributed by atoms with Crippen LogP contribution < -0.4 is 10.6 Å². The maximum Gasteiger partial charge on any atom is 0.305 e. The van der Waals surface area contributed by atoms with E-state index in [-0.39, 0.29) is 12.3 Å². The van der Waals surface area contributed by atoms with E-state index in [9.17, 15) is 14.7 Å². The number of amides is 1. The number of nitrogens with one attached hydrogen (secondary N) is 2. The number of carboxylic acids is 1. The van der Waals surface area contributed by atoms with E-state index in [0.717, 1.165) is 36.1 Å². The number of hydrogen-bond acceptors (Lipinski definition) is 3. The number of anilines is 1. The van der Waals surface area contributed by atoms with Crippen molar-refractivity contribution in [3.05, 3.63) is 88.4 Å². The lowest BCUT2D eigenvalue weighted by Gasteiger charge is -2.22. The first kappa shape index (κ1) is 30.6. The van der Waals surface area contributed by atoms with Gasteiger partial charge >= 0.3 is 5.97 Å². The molecule has 0 aromatic heterocycles. The zero-order chi connectivity index (χ0) is 29.0. The predicted octanol–water partition coefficient (Wildman–Crippen LogP) is 9.38. The van der Waals surface area contributed by atoms with Crippen molar-refractivity contribution in [2.45, 2.75) is 89.5 Å². The van der Waals surface area contributed by atoms with E-state index in [4.69, 9.17) is 11.6 Å². The number of unbranched alkanes of at least 4 members (excludes halogenated alkanes) is 4. The molecule has 3 aromatic carbocycles. The van der Waals surface area contributed by atoms with Crippen molar-refractivity contribution in [1.29, 1.82) is 0 Å². The van der Waals surface area contributed by atoms with Gasteiger partial charge in [0.2, 0.25) is 0 Å². The molecule has 0 saturated heterocycles. The number of halogens is 1. The molecule has 0 bridgehead atoms. The summed E-state index contributed by atoms with van der Waals surface area (Å²) >= 11 is 6.24. The average molecular weight is 575 g/mol. The van der Waals surface area contributed by atoms with E-state index in [1.54, 1.807) is 12.1 Å². The highest BCUT2D eigenvalue weighted by molar-refractivity contribution is 6.31. The Morgan fingerprint density at radius 2 is 1.54 bits per heavy atom. The van der Waals surface area contributed by atoms with Gasteiger partial charge in [-0.05, 0) is 65.6 Å². The Balaban J connectivity index is 1.44. The molecule has 218 valence electrons. The van der Waals surface area contributed by atoms with E-state index >= 15 is 0 Å². The maximum atomic E-state index is 13.4. The Hall–Kier alpha value is -3.31. The number of aliphatic carboxylic acids is 1. The van der Waals surface area contributed by atoms with Crippen LogP contribution in [0.25, 0.3) is 11.1 Å². The molecule has 0 aliphatic heterocycles. The Kier molecular flexibility index (Phi) is 11.7. The maximum absolute atomic E-state index is 13.4. The van der Waals surface area contributed by atoms with E-state index < -0.39 is 12.0 Å². The van der Waals surface area contributed by atoms with Crippen molar-refractivity contribution in [2.75, 3.05) is 11.9 Å². The van der Waals surface area contributed by atoms with Crippen LogP contribution in [0.3, 0.4) is 0 Å². The third kappa shape index (κ3) is 9.09. The smallest absolute Gasteiger partial charge is 0.305 e. The summed E-state index contributed by atoms with van der Waals surface area (Å²) in [4.78, 5) is 25.1. The zero-order valence-corrected chi connectivity index (χ0v) is 24.9. The highest BCUT2D eigenvalue weighted by Crippen LogP contribution is 2.34. The first-order valence-corrected chi connectivity index (χ1v) is 15.6. The summed E-state index contributed by atoms with van der Waals surface area (Å²) in [6.45, 7) is 2.95. The average Bonchev–Trinajstić information content (AvgIpc) is 2.99. The summed E-state index contributed by atoms with van der Waals surface area (Å²) in [6.07, 6.45) is 12.1. The van der Waals surface area contributed by atoms with Crippen LogP contribution in [-0.4, -0.2) is 23.5 Å². The van der Waals surface area contributed by atoms with Gasteiger partial charge in [-0.3, -0.25) is 9.59 Å². The van der Waals surface area contributed by atoms with Gasteiger partial charge in [0.25, 0.3) is 5.91 Å². The van der Waals surface area contributed by atoms with Gasteiger partial charge in [0.05, 0.1) is 18.0 Å². The third-order valence-electron chi connectivity index (χ3n) is 8.14. The monoisotopic (exact) mass is 574 g/mol. The molecule has 1 atom stereocenters. The van der Waals surface area contributed by atoms with E-state index in [1.807, 2.05) is 30.3 Å². The molecule has 0 heterocycles. The SMILES string of the molecule is CCCCCCCNc1ccc(Cl)cc1C(=O)NC(CC(=O)O)c1ccc(-c2ccc(C3CCCCC3)cc2)cc1.